The summed E-state index contributed by atoms with van der Waals surface area (Å²) in [5.41, 5.74) is 1.55. The molecular formula is C36H38N8O5. The predicted octanol–water partition coefficient (Wildman–Crippen LogP) is 3.21. The summed E-state index contributed by atoms with van der Waals surface area (Å²) in [7, 11) is 0. The number of para-hydroxylation sites is 1. The minimum absolute atomic E-state index is 0.0527. The van der Waals surface area contributed by atoms with Crippen LogP contribution in [0, 0.1) is 5.92 Å². The molecule has 0 spiro atoms. The molecule has 252 valence electrons. The fourth-order valence-electron chi connectivity index (χ4n) is 5.70. The maximum absolute atomic E-state index is 13.7. The van der Waals surface area contributed by atoms with Gasteiger partial charge in [-0.2, -0.15) is 5.10 Å². The average molecular weight is 663 g/mol. The van der Waals surface area contributed by atoms with E-state index in [-0.39, 0.29) is 62.5 Å². The third-order valence-electron chi connectivity index (χ3n) is 8.31. The fraction of sp³-hybridized carbons (Fsp3) is 0.306. The molecule has 3 heterocycles. The smallest absolute Gasteiger partial charge is 0.261 e. The number of nitrogens with zero attached hydrogens (tertiary/aromatic N) is 6. The van der Waals surface area contributed by atoms with Crippen LogP contribution in [0.25, 0.3) is 22.3 Å². The molecule has 5 aromatic rings. The molecule has 2 bridgehead atoms. The third kappa shape index (κ3) is 7.83. The van der Waals surface area contributed by atoms with Crippen LogP contribution in [0.15, 0.2) is 90.0 Å². The summed E-state index contributed by atoms with van der Waals surface area (Å²) in [5.74, 6) is 0.419. The van der Waals surface area contributed by atoms with Gasteiger partial charge in [0.15, 0.2) is 11.6 Å². The molecule has 0 fully saturated rings. The molecule has 13 nitrogen and oxygen atoms in total. The Labute approximate surface area is 282 Å². The molecular weight excluding hydrogens is 624 g/mol. The van der Waals surface area contributed by atoms with Crippen LogP contribution in [0.5, 0.6) is 5.75 Å². The van der Waals surface area contributed by atoms with Gasteiger partial charge < -0.3 is 20.3 Å². The molecule has 0 saturated carbocycles. The summed E-state index contributed by atoms with van der Waals surface area (Å²) < 4.78 is 9.14. The first-order valence-electron chi connectivity index (χ1n) is 16.3. The Bertz CT molecular complexity index is 2020. The molecule has 0 saturated heterocycles. The van der Waals surface area contributed by atoms with E-state index in [0.29, 0.717) is 40.4 Å². The van der Waals surface area contributed by atoms with E-state index in [2.05, 4.69) is 15.6 Å². The monoisotopic (exact) mass is 662 g/mol. The highest BCUT2D eigenvalue weighted by molar-refractivity contribution is 5.94. The number of carbonyl (C=O) groups excluding carboxylic acids is 3. The van der Waals surface area contributed by atoms with Crippen molar-refractivity contribution < 1.29 is 19.1 Å². The highest BCUT2D eigenvalue weighted by Crippen LogP contribution is 2.24. The van der Waals surface area contributed by atoms with Gasteiger partial charge in [0.25, 0.3) is 11.5 Å². The highest BCUT2D eigenvalue weighted by atomic mass is 16.5. The topological polar surface area (TPSA) is 153 Å². The molecule has 1 atom stereocenters. The molecule has 3 amide bonds. The van der Waals surface area contributed by atoms with Gasteiger partial charge in [0, 0.05) is 37.2 Å². The number of aryl methyl sites for hydroxylation is 1. The van der Waals surface area contributed by atoms with E-state index in [1.54, 1.807) is 53.2 Å². The van der Waals surface area contributed by atoms with E-state index in [4.69, 9.17) is 14.8 Å². The number of nitrogens with one attached hydrogen (secondary N) is 2. The van der Waals surface area contributed by atoms with Gasteiger partial charge in [-0.25, -0.2) is 14.6 Å². The number of carbonyl (C=O) groups is 3. The Balaban J connectivity index is 1.28. The van der Waals surface area contributed by atoms with Crippen molar-refractivity contribution in [1.29, 1.82) is 0 Å². The van der Waals surface area contributed by atoms with Crippen LogP contribution in [0.2, 0.25) is 0 Å². The summed E-state index contributed by atoms with van der Waals surface area (Å²) in [4.78, 5) is 64.0. The normalized spacial score (nSPS) is 16.0. The molecule has 13 heteroatoms. The lowest BCUT2D eigenvalue weighted by molar-refractivity contribution is -0.136. The number of benzene rings is 3. The molecule has 3 aromatic carbocycles. The van der Waals surface area contributed by atoms with E-state index < -0.39 is 11.9 Å². The van der Waals surface area contributed by atoms with Gasteiger partial charge in [-0.1, -0.05) is 62.4 Å². The van der Waals surface area contributed by atoms with Crippen molar-refractivity contribution in [2.75, 3.05) is 26.2 Å². The number of aromatic nitrogens is 5. The number of hydrogen-bond donors (Lipinski definition) is 2. The predicted molar refractivity (Wildman–Crippen MR) is 183 cm³/mol. The summed E-state index contributed by atoms with van der Waals surface area (Å²) in [6.45, 7) is 4.51. The first kappa shape index (κ1) is 33.1. The number of ether oxygens (including phenoxy) is 1. The van der Waals surface area contributed by atoms with E-state index in [1.807, 2.05) is 44.2 Å². The second kappa shape index (κ2) is 14.9. The van der Waals surface area contributed by atoms with Gasteiger partial charge in [0.2, 0.25) is 11.8 Å². The third-order valence-corrected chi connectivity index (χ3v) is 8.31. The van der Waals surface area contributed by atoms with Crippen LogP contribution in [-0.2, 0) is 22.7 Å². The largest absolute Gasteiger partial charge is 0.492 e. The van der Waals surface area contributed by atoms with E-state index >= 15 is 0 Å². The fourth-order valence-corrected chi connectivity index (χ4v) is 5.70. The molecule has 0 radical (unpaired) electrons. The summed E-state index contributed by atoms with van der Waals surface area (Å²) in [5, 5.41) is 11.2. The Morgan fingerprint density at radius 2 is 1.73 bits per heavy atom. The SMILES string of the molecule is CC(C)[C@@H]1NC(=O)CN(C(=O)CCn2cnc3ccccc3c2=O)CCNC(=O)c2cccc(c2)OCCn2nc(-c3ccccc3)nc21. The van der Waals surface area contributed by atoms with Crippen molar-refractivity contribution in [1.82, 2.24) is 39.8 Å². The minimum Gasteiger partial charge on any atom is -0.492 e. The first-order chi connectivity index (χ1) is 23.8. The average Bonchev–Trinajstić information content (AvgIpc) is 3.53. The van der Waals surface area contributed by atoms with Gasteiger partial charge in [0.05, 0.1) is 36.4 Å². The van der Waals surface area contributed by atoms with Gasteiger partial charge in [-0.3, -0.25) is 23.7 Å². The molecule has 6 rings (SSSR count). The highest BCUT2D eigenvalue weighted by Gasteiger charge is 2.27. The Kier molecular flexibility index (Phi) is 10.1. The second-order valence-corrected chi connectivity index (χ2v) is 12.1. The zero-order chi connectivity index (χ0) is 34.3. The van der Waals surface area contributed by atoms with Gasteiger partial charge in [0.1, 0.15) is 12.4 Å². The van der Waals surface area contributed by atoms with Crippen LogP contribution in [-0.4, -0.2) is 73.2 Å². The molecule has 49 heavy (non-hydrogen) atoms. The first-order valence-corrected chi connectivity index (χ1v) is 16.3. The molecule has 2 aromatic heterocycles. The number of hydrogen-bond acceptors (Lipinski definition) is 8. The molecule has 0 unspecified atom stereocenters. The van der Waals surface area contributed by atoms with Crippen molar-refractivity contribution in [2.24, 2.45) is 5.92 Å². The number of rotatable bonds is 5. The maximum Gasteiger partial charge on any atom is 0.261 e. The standard InChI is InChI=1S/C36H38N8O5/c1-24(2)32-34-40-33(25-9-4-3-5-10-25)41-44(34)19-20-49-27-12-8-11-26(21-27)35(47)37-16-18-42(22-30(45)39-32)31(46)15-17-43-23-38-29-14-7-6-13-28(29)36(43)48/h3-14,21,23-24,32H,15-20,22H2,1-2H3,(H,37,47)(H,39,45)/t32-/m0/s1. The lowest BCUT2D eigenvalue weighted by atomic mass is 10.0. The zero-order valence-electron chi connectivity index (χ0n) is 27.4. The lowest BCUT2D eigenvalue weighted by Crippen LogP contribution is -2.46. The quantitative estimate of drug-likeness (QED) is 0.291. The van der Waals surface area contributed by atoms with Gasteiger partial charge >= 0.3 is 0 Å². The van der Waals surface area contributed by atoms with Crippen molar-refractivity contribution in [2.45, 2.75) is 39.4 Å². The van der Waals surface area contributed by atoms with Crippen molar-refractivity contribution >= 4 is 28.6 Å². The van der Waals surface area contributed by atoms with Crippen LogP contribution in [0.3, 0.4) is 0 Å². The molecule has 1 aliphatic rings. The van der Waals surface area contributed by atoms with Gasteiger partial charge in [-0.15, -0.1) is 0 Å². The zero-order valence-corrected chi connectivity index (χ0v) is 27.4. The van der Waals surface area contributed by atoms with E-state index in [1.165, 1.54) is 15.8 Å². The maximum atomic E-state index is 13.7. The summed E-state index contributed by atoms with van der Waals surface area (Å²) >= 11 is 0. The molecule has 1 aliphatic heterocycles. The number of fused-ring (bicyclic) bond motifs is 4. The summed E-state index contributed by atoms with van der Waals surface area (Å²) in [6.07, 6.45) is 1.37. The Hall–Kier alpha value is -5.85. The van der Waals surface area contributed by atoms with Crippen LogP contribution < -0.4 is 20.9 Å². The molecule has 0 aliphatic carbocycles. The van der Waals surface area contributed by atoms with Crippen LogP contribution in [0.4, 0.5) is 0 Å². The van der Waals surface area contributed by atoms with Crippen molar-refractivity contribution in [3.63, 3.8) is 0 Å². The summed E-state index contributed by atoms with van der Waals surface area (Å²) in [6, 6.07) is 22.9. The van der Waals surface area contributed by atoms with Crippen molar-refractivity contribution in [3.8, 4) is 17.1 Å². The lowest BCUT2D eigenvalue weighted by Gasteiger charge is -2.26. The van der Waals surface area contributed by atoms with E-state index in [0.717, 1.165) is 5.56 Å². The number of amides is 3. The minimum atomic E-state index is -0.532. The van der Waals surface area contributed by atoms with Crippen LogP contribution >= 0.6 is 0 Å². The van der Waals surface area contributed by atoms with Crippen molar-refractivity contribution in [3.05, 3.63) is 107 Å². The van der Waals surface area contributed by atoms with Gasteiger partial charge in [-0.05, 0) is 36.2 Å². The second-order valence-electron chi connectivity index (χ2n) is 12.1. The Morgan fingerprint density at radius 3 is 2.55 bits per heavy atom. The van der Waals surface area contributed by atoms with Crippen LogP contribution in [0.1, 0.15) is 42.5 Å². The van der Waals surface area contributed by atoms with E-state index in [9.17, 15) is 19.2 Å². The Morgan fingerprint density at radius 1 is 0.959 bits per heavy atom. The molecule has 2 N–H and O–H groups in total.